The van der Waals surface area contributed by atoms with Crippen molar-refractivity contribution in [2.75, 3.05) is 13.2 Å². The number of aromatic nitrogens is 2. The number of fused-ring (bicyclic) bond motifs is 6. The monoisotopic (exact) mass is 761 g/mol. The standard InChI is InChI=1S/C43H54F3N5O4/c1-6-27-23(2)30-22-35-38(42(54)43(44,45)46)25(4)32(49-35)20-31-24(3)28(15-16-37(53)55-18-14-12-10-8-7-9-11-13-17-47)40(50-31)29-19-36(52)39-26(5)33(51-41(29)39)21-34(27)48-30/h20,22,24,28,33,48-49H,6-19,21,47H2,1-5H3/b32-20?,35-22?,40-29-/t24-,28-,33?/m0/s1. The molecule has 9 nitrogen and oxygen atoms in total. The van der Waals surface area contributed by atoms with Crippen LogP contribution >= 0.6 is 0 Å². The Kier molecular flexibility index (Phi) is 12.3. The lowest BCUT2D eigenvalue weighted by Crippen LogP contribution is -2.28. The molecule has 55 heavy (non-hydrogen) atoms. The number of nitrogens with one attached hydrogen (secondary N) is 2. The highest BCUT2D eigenvalue weighted by Crippen LogP contribution is 2.44. The van der Waals surface area contributed by atoms with E-state index in [4.69, 9.17) is 20.5 Å². The third kappa shape index (κ3) is 8.30. The van der Waals surface area contributed by atoms with Gasteiger partial charge < -0.3 is 20.4 Å². The number of halogens is 3. The van der Waals surface area contributed by atoms with Crippen molar-refractivity contribution in [1.82, 2.24) is 9.97 Å². The van der Waals surface area contributed by atoms with Crippen LogP contribution in [0, 0.1) is 25.7 Å². The molecule has 296 valence electrons. The molecular weight excluding hydrogens is 707 g/mol. The molecule has 4 aliphatic rings. The van der Waals surface area contributed by atoms with Gasteiger partial charge in [0.1, 0.15) is 0 Å². The van der Waals surface area contributed by atoms with E-state index in [2.05, 4.69) is 9.97 Å². The zero-order chi connectivity index (χ0) is 39.6. The number of nitrogens with two attached hydrogens (primary N) is 1. The molecule has 0 spiro atoms. The van der Waals surface area contributed by atoms with E-state index in [0.29, 0.717) is 59.6 Å². The lowest BCUT2D eigenvalue weighted by Gasteiger charge is -2.18. The van der Waals surface area contributed by atoms with Crippen molar-refractivity contribution in [2.45, 2.75) is 130 Å². The summed E-state index contributed by atoms with van der Waals surface area (Å²) in [5, 5.41) is 0.404. The molecule has 0 amide bonds. The largest absolute Gasteiger partial charge is 0.466 e. The van der Waals surface area contributed by atoms with E-state index in [0.717, 1.165) is 66.6 Å². The Morgan fingerprint density at radius 2 is 1.65 bits per heavy atom. The van der Waals surface area contributed by atoms with Crippen LogP contribution in [0.1, 0.15) is 130 Å². The highest BCUT2D eigenvalue weighted by Gasteiger charge is 2.44. The zero-order valence-corrected chi connectivity index (χ0v) is 32.7. The van der Waals surface area contributed by atoms with Crippen molar-refractivity contribution in [2.24, 2.45) is 27.6 Å². The minimum Gasteiger partial charge on any atom is -0.466 e. The molecule has 1 unspecified atom stereocenters. The molecule has 3 atom stereocenters. The van der Waals surface area contributed by atoms with Gasteiger partial charge in [0, 0.05) is 64.7 Å². The first kappa shape index (κ1) is 40.3. The second-order valence-electron chi connectivity index (χ2n) is 15.6. The summed E-state index contributed by atoms with van der Waals surface area (Å²) < 4.78 is 47.8. The molecule has 0 aromatic carbocycles. The number of carbonyl (C=O) groups excluding carboxylic acids is 3. The van der Waals surface area contributed by atoms with Gasteiger partial charge in [0.15, 0.2) is 5.78 Å². The van der Waals surface area contributed by atoms with Crippen molar-refractivity contribution < 1.29 is 32.3 Å². The summed E-state index contributed by atoms with van der Waals surface area (Å²) in [7, 11) is 0. The molecule has 5 heterocycles. The molecule has 3 aliphatic heterocycles. The first-order valence-electron chi connectivity index (χ1n) is 20.0. The van der Waals surface area contributed by atoms with Crippen LogP contribution in [0.5, 0.6) is 0 Å². The van der Waals surface area contributed by atoms with Crippen molar-refractivity contribution in [3.05, 3.63) is 66.8 Å². The van der Waals surface area contributed by atoms with Gasteiger partial charge >= 0.3 is 12.1 Å². The van der Waals surface area contributed by atoms with Gasteiger partial charge in [-0.2, -0.15) is 13.2 Å². The Hall–Kier alpha value is -4.32. The van der Waals surface area contributed by atoms with Crippen LogP contribution in [-0.4, -0.2) is 64.3 Å². The summed E-state index contributed by atoms with van der Waals surface area (Å²) in [4.78, 5) is 56.4. The number of hydrogen-bond acceptors (Lipinski definition) is 7. The number of alkyl halides is 3. The average molecular weight is 762 g/mol. The van der Waals surface area contributed by atoms with Gasteiger partial charge in [-0.3, -0.25) is 24.4 Å². The molecular formula is C43H54F3N5O4. The van der Waals surface area contributed by atoms with Crippen molar-refractivity contribution in [1.29, 1.82) is 0 Å². The number of ether oxygens (including phenoxy) is 1. The molecule has 1 fully saturated rings. The number of H-pyrrole nitrogens is 2. The van der Waals surface area contributed by atoms with Gasteiger partial charge in [-0.25, -0.2) is 0 Å². The van der Waals surface area contributed by atoms with Crippen LogP contribution in [0.15, 0.2) is 32.4 Å². The number of rotatable bonds is 15. The van der Waals surface area contributed by atoms with Gasteiger partial charge in [0.2, 0.25) is 0 Å². The lowest BCUT2D eigenvalue weighted by molar-refractivity contribution is -0.144. The lowest BCUT2D eigenvalue weighted by atomic mass is 9.85. The number of aromatic amines is 2. The maximum Gasteiger partial charge on any atom is 0.454 e. The maximum absolute atomic E-state index is 14.0. The fourth-order valence-electron chi connectivity index (χ4n) is 8.77. The van der Waals surface area contributed by atoms with E-state index in [1.54, 1.807) is 12.2 Å². The van der Waals surface area contributed by atoms with Crippen molar-refractivity contribution in [3.8, 4) is 0 Å². The summed E-state index contributed by atoms with van der Waals surface area (Å²) >= 11 is 0. The summed E-state index contributed by atoms with van der Waals surface area (Å²) in [6, 6.07) is -0.311. The van der Waals surface area contributed by atoms with E-state index in [1.807, 2.05) is 27.7 Å². The number of Topliss-reactive ketones (excluding diaryl/α,β-unsaturated/α-hetero) is 2. The van der Waals surface area contributed by atoms with Gasteiger partial charge in [-0.05, 0) is 87.4 Å². The third-order valence-electron chi connectivity index (χ3n) is 12.0. The average Bonchev–Trinajstić information content (AvgIpc) is 3.89. The molecule has 2 aromatic rings. The molecule has 2 aromatic heterocycles. The predicted octanol–water partition coefficient (Wildman–Crippen LogP) is 6.91. The SMILES string of the molecule is CCc1c2[nH]c(c1C)C=c1[nH]c(c(C)c1C(=O)C(F)(F)F)=CC1=N/C(=C3/CC(=O)C4=C(C)C(C2)N=C43)[C@@H](CCC(=O)OCCCCCCCCCCN)[C@@H]1C. The fraction of sp³-hybridized carbons (Fsp3) is 0.558. The molecule has 12 heteroatoms. The van der Waals surface area contributed by atoms with E-state index < -0.39 is 17.5 Å². The van der Waals surface area contributed by atoms with Crippen LogP contribution in [-0.2, 0) is 27.2 Å². The van der Waals surface area contributed by atoms with E-state index in [-0.39, 0.29) is 53.4 Å². The quantitative estimate of drug-likeness (QED) is 0.103. The molecule has 1 saturated carbocycles. The molecule has 8 bridgehead atoms. The number of hydrogen-bond donors (Lipinski definition) is 3. The van der Waals surface area contributed by atoms with E-state index >= 15 is 0 Å². The highest BCUT2D eigenvalue weighted by atomic mass is 19.4. The van der Waals surface area contributed by atoms with Crippen LogP contribution in [0.25, 0.3) is 12.2 Å². The number of unbranched alkanes of at least 4 members (excludes halogenated alkanes) is 7. The summed E-state index contributed by atoms with van der Waals surface area (Å²) in [5.74, 6) is -2.75. The smallest absolute Gasteiger partial charge is 0.454 e. The Morgan fingerprint density at radius 1 is 0.964 bits per heavy atom. The van der Waals surface area contributed by atoms with Gasteiger partial charge in [-0.15, -0.1) is 0 Å². The minimum atomic E-state index is -5.08. The van der Waals surface area contributed by atoms with Crippen molar-refractivity contribution in [3.63, 3.8) is 0 Å². The molecule has 4 N–H and O–H groups in total. The Labute approximate surface area is 320 Å². The van der Waals surface area contributed by atoms with E-state index in [1.165, 1.54) is 26.2 Å². The number of nitrogens with zero attached hydrogens (tertiary/aromatic N) is 2. The van der Waals surface area contributed by atoms with Gasteiger partial charge in [0.25, 0.3) is 5.78 Å². The topological polar surface area (TPSA) is 143 Å². The number of esters is 1. The van der Waals surface area contributed by atoms with Gasteiger partial charge in [-0.1, -0.05) is 52.4 Å². The second kappa shape index (κ2) is 16.8. The normalized spacial score (nSPS) is 21.8. The van der Waals surface area contributed by atoms with Crippen LogP contribution in [0.4, 0.5) is 13.2 Å². The van der Waals surface area contributed by atoms with Crippen LogP contribution in [0.2, 0.25) is 0 Å². The molecule has 6 rings (SSSR count). The van der Waals surface area contributed by atoms with Crippen molar-refractivity contribution >= 4 is 41.1 Å². The third-order valence-corrected chi connectivity index (χ3v) is 12.0. The number of ketones is 2. The van der Waals surface area contributed by atoms with Crippen LogP contribution in [0.3, 0.4) is 0 Å². The summed E-state index contributed by atoms with van der Waals surface area (Å²) in [5.41, 5.74) is 12.9. The molecule has 0 saturated heterocycles. The number of allylic oxidation sites excluding steroid dienone is 3. The van der Waals surface area contributed by atoms with Crippen LogP contribution < -0.4 is 16.4 Å². The van der Waals surface area contributed by atoms with E-state index in [9.17, 15) is 27.6 Å². The fourth-order valence-corrected chi connectivity index (χ4v) is 8.77. The molecule has 0 radical (unpaired) electrons. The van der Waals surface area contributed by atoms with Gasteiger partial charge in [0.05, 0.1) is 35.0 Å². The number of carbonyl (C=O) groups is 3. The first-order valence-corrected chi connectivity index (χ1v) is 20.0. The second-order valence-corrected chi connectivity index (χ2v) is 15.6. The maximum atomic E-state index is 14.0. The highest BCUT2D eigenvalue weighted by molar-refractivity contribution is 6.37. The predicted molar refractivity (Wildman–Crippen MR) is 209 cm³/mol. The summed E-state index contributed by atoms with van der Waals surface area (Å²) in [6.07, 6.45) is 8.75. The zero-order valence-electron chi connectivity index (χ0n) is 32.7. The minimum absolute atomic E-state index is 0.0102. The Balaban J connectivity index is 1.34. The molecule has 1 aliphatic carbocycles. The Bertz CT molecular complexity index is 2110. The number of aliphatic imine (C=N–C) groups is 2. The first-order chi connectivity index (χ1) is 26.2. The Morgan fingerprint density at radius 3 is 2.33 bits per heavy atom. The summed E-state index contributed by atoms with van der Waals surface area (Å²) in [6.45, 7) is 10.5.